The highest BCUT2D eigenvalue weighted by Gasteiger charge is 2.40. The Bertz CT molecular complexity index is 722. The van der Waals surface area contributed by atoms with Gasteiger partial charge in [-0.05, 0) is 24.3 Å². The number of hydrogen-bond acceptors (Lipinski definition) is 2. The Balaban J connectivity index is 2.33. The van der Waals surface area contributed by atoms with Gasteiger partial charge < -0.3 is 4.98 Å². The molecule has 0 radical (unpaired) electrons. The van der Waals surface area contributed by atoms with Crippen LogP contribution in [0.2, 0.25) is 10.0 Å². The molecule has 21 heavy (non-hydrogen) atoms. The van der Waals surface area contributed by atoms with Crippen molar-refractivity contribution < 1.29 is 22.8 Å². The lowest BCUT2D eigenvalue weighted by Crippen LogP contribution is -2.22. The predicted octanol–water partition coefficient (Wildman–Crippen LogP) is 4.30. The number of rotatable bonds is 3. The molecule has 0 bridgehead atoms. The molecule has 0 aliphatic rings. The standard InChI is InChI=1S/C13H6Cl2F3NO2/c14-7-1-2-8(9(15)4-7)11(20)6-3-10(19-5-6)12(21)13(16,17)18/h1-5,19H. The maximum absolute atomic E-state index is 12.3. The van der Waals surface area contributed by atoms with Gasteiger partial charge in [0.1, 0.15) is 0 Å². The smallest absolute Gasteiger partial charge is 0.358 e. The molecule has 0 saturated heterocycles. The van der Waals surface area contributed by atoms with Gasteiger partial charge in [0.2, 0.25) is 0 Å². The molecule has 2 aromatic rings. The minimum atomic E-state index is -5.01. The van der Waals surface area contributed by atoms with E-state index < -0.39 is 23.4 Å². The minimum Gasteiger partial charge on any atom is -0.358 e. The predicted molar refractivity (Wildman–Crippen MR) is 71.1 cm³/mol. The Morgan fingerprint density at radius 3 is 2.33 bits per heavy atom. The Morgan fingerprint density at radius 2 is 1.76 bits per heavy atom. The Labute approximate surface area is 126 Å². The summed E-state index contributed by atoms with van der Waals surface area (Å²) in [5.41, 5.74) is -0.742. The van der Waals surface area contributed by atoms with Crippen molar-refractivity contribution >= 4 is 34.8 Å². The van der Waals surface area contributed by atoms with Crippen LogP contribution in [0.1, 0.15) is 26.4 Å². The molecular formula is C13H6Cl2F3NO2. The highest BCUT2D eigenvalue weighted by atomic mass is 35.5. The molecular weight excluding hydrogens is 330 g/mol. The number of carbonyl (C=O) groups is 2. The fourth-order valence-corrected chi connectivity index (χ4v) is 2.13. The van der Waals surface area contributed by atoms with Gasteiger partial charge in [-0.1, -0.05) is 23.2 Å². The van der Waals surface area contributed by atoms with Crippen LogP contribution in [0.4, 0.5) is 13.2 Å². The van der Waals surface area contributed by atoms with E-state index >= 15 is 0 Å². The zero-order valence-electron chi connectivity index (χ0n) is 10.1. The second kappa shape index (κ2) is 5.54. The normalized spacial score (nSPS) is 11.5. The van der Waals surface area contributed by atoms with Gasteiger partial charge in [0.25, 0.3) is 5.78 Å². The van der Waals surface area contributed by atoms with E-state index in [0.717, 1.165) is 12.3 Å². The summed E-state index contributed by atoms with van der Waals surface area (Å²) in [6.45, 7) is 0. The van der Waals surface area contributed by atoms with E-state index in [1.807, 2.05) is 0 Å². The van der Waals surface area contributed by atoms with Crippen molar-refractivity contribution in [3.05, 3.63) is 57.3 Å². The van der Waals surface area contributed by atoms with E-state index in [9.17, 15) is 22.8 Å². The first-order valence-corrected chi connectivity index (χ1v) is 6.25. The van der Waals surface area contributed by atoms with E-state index in [2.05, 4.69) is 4.98 Å². The number of hydrogen-bond donors (Lipinski definition) is 1. The van der Waals surface area contributed by atoms with E-state index in [1.54, 1.807) is 0 Å². The highest BCUT2D eigenvalue weighted by molar-refractivity contribution is 6.37. The van der Waals surface area contributed by atoms with Crippen molar-refractivity contribution in [2.75, 3.05) is 0 Å². The van der Waals surface area contributed by atoms with E-state index in [4.69, 9.17) is 23.2 Å². The van der Waals surface area contributed by atoms with Crippen LogP contribution in [-0.4, -0.2) is 22.7 Å². The summed E-state index contributed by atoms with van der Waals surface area (Å²) in [5, 5.41) is 0.385. The van der Waals surface area contributed by atoms with Crippen LogP contribution < -0.4 is 0 Å². The second-order valence-electron chi connectivity index (χ2n) is 4.08. The number of halogens is 5. The quantitative estimate of drug-likeness (QED) is 0.850. The molecule has 0 amide bonds. The number of nitrogens with one attached hydrogen (secondary N) is 1. The van der Waals surface area contributed by atoms with E-state index in [0.29, 0.717) is 5.02 Å². The number of alkyl halides is 3. The van der Waals surface area contributed by atoms with Crippen LogP contribution in [0, 0.1) is 0 Å². The molecule has 0 saturated carbocycles. The van der Waals surface area contributed by atoms with Crippen LogP contribution in [0.15, 0.2) is 30.5 Å². The second-order valence-corrected chi connectivity index (χ2v) is 4.93. The first-order chi connectivity index (χ1) is 9.70. The molecule has 0 fully saturated rings. The molecule has 8 heteroatoms. The first kappa shape index (κ1) is 15.6. The fraction of sp³-hybridized carbons (Fsp3) is 0.0769. The van der Waals surface area contributed by atoms with Gasteiger partial charge in [-0.3, -0.25) is 9.59 Å². The summed E-state index contributed by atoms with van der Waals surface area (Å²) in [7, 11) is 0. The van der Waals surface area contributed by atoms with Gasteiger partial charge in [0.05, 0.1) is 10.7 Å². The van der Waals surface area contributed by atoms with Gasteiger partial charge in [-0.2, -0.15) is 13.2 Å². The number of aromatic nitrogens is 1. The Hall–Kier alpha value is -1.79. The summed E-state index contributed by atoms with van der Waals surface area (Å²) < 4.78 is 36.9. The average Bonchev–Trinajstić information content (AvgIpc) is 2.85. The van der Waals surface area contributed by atoms with Crippen LogP contribution >= 0.6 is 23.2 Å². The first-order valence-electron chi connectivity index (χ1n) is 5.50. The summed E-state index contributed by atoms with van der Waals surface area (Å²) >= 11 is 11.5. The van der Waals surface area contributed by atoms with Crippen molar-refractivity contribution in [2.24, 2.45) is 0 Å². The highest BCUT2D eigenvalue weighted by Crippen LogP contribution is 2.25. The van der Waals surface area contributed by atoms with Gasteiger partial charge in [0.15, 0.2) is 5.78 Å². The Kier molecular flexibility index (Phi) is 4.11. The largest absolute Gasteiger partial charge is 0.456 e. The molecule has 1 heterocycles. The summed E-state index contributed by atoms with van der Waals surface area (Å²) in [4.78, 5) is 25.3. The average molecular weight is 336 g/mol. The summed E-state index contributed by atoms with van der Waals surface area (Å²) in [6, 6.07) is 4.95. The topological polar surface area (TPSA) is 49.9 Å². The molecule has 1 N–H and O–H groups in total. The molecule has 1 aromatic carbocycles. The lowest BCUT2D eigenvalue weighted by molar-refractivity contribution is -0.0887. The van der Waals surface area contributed by atoms with E-state index in [-0.39, 0.29) is 16.1 Å². The third-order valence-electron chi connectivity index (χ3n) is 2.62. The SMILES string of the molecule is O=C(c1c[nH]c(C(=O)C(F)(F)F)c1)c1ccc(Cl)cc1Cl. The zero-order chi connectivity index (χ0) is 15.8. The fourth-order valence-electron chi connectivity index (χ4n) is 1.64. The molecule has 3 nitrogen and oxygen atoms in total. The lowest BCUT2D eigenvalue weighted by atomic mass is 10.1. The van der Waals surface area contributed by atoms with Crippen molar-refractivity contribution in [2.45, 2.75) is 6.18 Å². The molecule has 0 atom stereocenters. The lowest BCUT2D eigenvalue weighted by Gasteiger charge is -2.02. The molecule has 0 aliphatic heterocycles. The van der Waals surface area contributed by atoms with Crippen molar-refractivity contribution in [3.8, 4) is 0 Å². The summed E-state index contributed by atoms with van der Waals surface area (Å²) in [6.07, 6.45) is -3.99. The van der Waals surface area contributed by atoms with Crippen LogP contribution in [0.25, 0.3) is 0 Å². The number of Topliss-reactive ketones (excluding diaryl/α,β-unsaturated/α-hetero) is 1. The third kappa shape index (κ3) is 3.28. The molecule has 0 spiro atoms. The van der Waals surface area contributed by atoms with Crippen LogP contribution in [-0.2, 0) is 0 Å². The molecule has 0 unspecified atom stereocenters. The number of benzene rings is 1. The summed E-state index contributed by atoms with van der Waals surface area (Å²) in [5.74, 6) is -2.67. The maximum atomic E-state index is 12.3. The van der Waals surface area contributed by atoms with Gasteiger partial charge in [0, 0.05) is 22.3 Å². The van der Waals surface area contributed by atoms with Gasteiger partial charge >= 0.3 is 6.18 Å². The number of carbonyl (C=O) groups excluding carboxylic acids is 2. The number of aromatic amines is 1. The van der Waals surface area contributed by atoms with Crippen LogP contribution in [0.5, 0.6) is 0 Å². The minimum absolute atomic E-state index is 0.0670. The molecule has 2 rings (SSSR count). The van der Waals surface area contributed by atoms with Gasteiger partial charge in [-0.15, -0.1) is 0 Å². The van der Waals surface area contributed by atoms with Crippen molar-refractivity contribution in [3.63, 3.8) is 0 Å². The maximum Gasteiger partial charge on any atom is 0.456 e. The molecule has 0 aliphatic carbocycles. The Morgan fingerprint density at radius 1 is 1.10 bits per heavy atom. The van der Waals surface area contributed by atoms with Gasteiger partial charge in [-0.25, -0.2) is 0 Å². The zero-order valence-corrected chi connectivity index (χ0v) is 11.6. The molecule has 1 aromatic heterocycles. The number of ketones is 2. The third-order valence-corrected chi connectivity index (χ3v) is 3.17. The number of H-pyrrole nitrogens is 1. The van der Waals surface area contributed by atoms with Crippen molar-refractivity contribution in [1.82, 2.24) is 4.98 Å². The van der Waals surface area contributed by atoms with Crippen LogP contribution in [0.3, 0.4) is 0 Å². The van der Waals surface area contributed by atoms with E-state index in [1.165, 1.54) is 18.2 Å². The van der Waals surface area contributed by atoms with Crippen molar-refractivity contribution in [1.29, 1.82) is 0 Å². The monoisotopic (exact) mass is 335 g/mol. The molecule has 110 valence electrons.